The van der Waals surface area contributed by atoms with E-state index in [1.54, 1.807) is 7.11 Å². The first kappa shape index (κ1) is 21.3. The zero-order valence-electron chi connectivity index (χ0n) is 16.1. The van der Waals surface area contributed by atoms with Crippen LogP contribution in [0.5, 0.6) is 5.75 Å². The second kappa shape index (κ2) is 10.3. The summed E-state index contributed by atoms with van der Waals surface area (Å²) in [7, 11) is 3.93. The highest BCUT2D eigenvalue weighted by Gasteiger charge is 2.30. The molecule has 2 atom stereocenters. The number of methoxy groups -OCH3 is 1. The van der Waals surface area contributed by atoms with E-state index in [1.807, 2.05) is 0 Å². The lowest BCUT2D eigenvalue weighted by atomic mass is 9.85. The molecule has 2 aliphatic rings. The largest absolute Gasteiger partial charge is 0.497 e. The molecule has 146 valence electrons. The van der Waals surface area contributed by atoms with Crippen molar-refractivity contribution in [3.05, 3.63) is 29.8 Å². The number of guanidine groups is 1. The molecule has 0 spiro atoms. The summed E-state index contributed by atoms with van der Waals surface area (Å²) in [5.74, 6) is 2.16. The number of rotatable bonds is 4. The molecule has 3 rings (SSSR count). The molecule has 0 saturated carbocycles. The van der Waals surface area contributed by atoms with E-state index in [2.05, 4.69) is 41.1 Å². The molecule has 26 heavy (non-hydrogen) atoms. The van der Waals surface area contributed by atoms with Gasteiger partial charge in [0, 0.05) is 25.7 Å². The molecular weight excluding hydrogens is 439 g/mol. The summed E-state index contributed by atoms with van der Waals surface area (Å²) in [6, 6.07) is 8.89. The van der Waals surface area contributed by atoms with E-state index < -0.39 is 0 Å². The van der Waals surface area contributed by atoms with Crippen molar-refractivity contribution >= 4 is 29.9 Å². The second-order valence-corrected chi connectivity index (χ2v) is 7.35. The summed E-state index contributed by atoms with van der Waals surface area (Å²) in [5.41, 5.74) is 7.62. The van der Waals surface area contributed by atoms with Crippen LogP contribution in [0.25, 0.3) is 0 Å². The van der Waals surface area contributed by atoms with E-state index in [0.717, 1.165) is 37.9 Å². The number of likely N-dealkylation sites (tertiary alicyclic amines) is 2. The van der Waals surface area contributed by atoms with Gasteiger partial charge in [-0.3, -0.25) is 9.89 Å². The Labute approximate surface area is 175 Å². The minimum atomic E-state index is 0. The normalized spacial score (nSPS) is 24.8. The second-order valence-electron chi connectivity index (χ2n) is 7.35. The average Bonchev–Trinajstić information content (AvgIpc) is 2.67. The Balaban J connectivity index is 0.00000243. The van der Waals surface area contributed by atoms with Crippen LogP contribution in [0.15, 0.2) is 29.3 Å². The molecule has 1 aromatic carbocycles. The van der Waals surface area contributed by atoms with Crippen molar-refractivity contribution in [2.24, 2.45) is 16.6 Å². The number of halogens is 1. The van der Waals surface area contributed by atoms with Crippen LogP contribution in [-0.4, -0.2) is 56.1 Å². The quantitative estimate of drug-likeness (QED) is 0.414. The lowest BCUT2D eigenvalue weighted by Gasteiger charge is -2.39. The van der Waals surface area contributed by atoms with Gasteiger partial charge < -0.3 is 15.4 Å². The predicted molar refractivity (Wildman–Crippen MR) is 118 cm³/mol. The maximum Gasteiger partial charge on any atom is 0.191 e. The summed E-state index contributed by atoms with van der Waals surface area (Å²) in [4.78, 5) is 9.49. The van der Waals surface area contributed by atoms with Crippen LogP contribution >= 0.6 is 24.0 Å². The van der Waals surface area contributed by atoms with E-state index >= 15 is 0 Å². The summed E-state index contributed by atoms with van der Waals surface area (Å²) in [5, 5.41) is 0. The van der Waals surface area contributed by atoms with Crippen LogP contribution < -0.4 is 10.5 Å². The van der Waals surface area contributed by atoms with Gasteiger partial charge >= 0.3 is 0 Å². The lowest BCUT2D eigenvalue weighted by Crippen LogP contribution is -2.42. The molecule has 2 aliphatic heterocycles. The molecule has 0 aromatic heterocycles. The topological polar surface area (TPSA) is 54.1 Å². The first-order chi connectivity index (χ1) is 12.2. The van der Waals surface area contributed by atoms with Crippen molar-refractivity contribution in [3.8, 4) is 5.75 Å². The van der Waals surface area contributed by atoms with E-state index in [-0.39, 0.29) is 24.0 Å². The van der Waals surface area contributed by atoms with Gasteiger partial charge in [-0.1, -0.05) is 12.1 Å². The SMILES string of the molecule is COc1ccc(C2C(CN=C(N)N3CCCCC3)CCCN2C)cc1.I. The molecule has 5 nitrogen and oxygen atoms in total. The maximum atomic E-state index is 6.27. The van der Waals surface area contributed by atoms with Gasteiger partial charge in [0.2, 0.25) is 0 Å². The predicted octanol–water partition coefficient (Wildman–Crippen LogP) is 3.50. The third-order valence-corrected chi connectivity index (χ3v) is 5.63. The van der Waals surface area contributed by atoms with Crippen molar-refractivity contribution in [1.82, 2.24) is 9.80 Å². The molecule has 2 N–H and O–H groups in total. The standard InChI is InChI=1S/C20H32N4O.HI/c1-23-12-6-7-17(15-22-20(21)24-13-4-3-5-14-24)19(23)16-8-10-18(25-2)11-9-16;/h8-11,17,19H,3-7,12-15H2,1-2H3,(H2,21,22);1H. The number of ether oxygens (including phenoxy) is 1. The summed E-state index contributed by atoms with van der Waals surface area (Å²) in [6.45, 7) is 4.06. The molecule has 2 fully saturated rings. The van der Waals surface area contributed by atoms with E-state index in [1.165, 1.54) is 37.7 Å². The average molecular weight is 472 g/mol. The molecule has 1 aromatic rings. The fourth-order valence-electron chi connectivity index (χ4n) is 4.21. The molecule has 2 heterocycles. The van der Waals surface area contributed by atoms with Gasteiger partial charge in [-0.05, 0) is 69.3 Å². The lowest BCUT2D eigenvalue weighted by molar-refractivity contribution is 0.125. The Morgan fingerprint density at radius 1 is 1.12 bits per heavy atom. The third kappa shape index (κ3) is 5.25. The number of nitrogens with two attached hydrogens (primary N) is 1. The van der Waals surface area contributed by atoms with Gasteiger partial charge in [-0.2, -0.15) is 0 Å². The van der Waals surface area contributed by atoms with Crippen LogP contribution in [0.2, 0.25) is 0 Å². The van der Waals surface area contributed by atoms with Crippen molar-refractivity contribution in [3.63, 3.8) is 0 Å². The van der Waals surface area contributed by atoms with Crippen LogP contribution in [-0.2, 0) is 0 Å². The molecule has 0 amide bonds. The van der Waals surface area contributed by atoms with Crippen molar-refractivity contribution in [2.75, 3.05) is 40.3 Å². The number of hydrogen-bond donors (Lipinski definition) is 1. The fourth-order valence-corrected chi connectivity index (χ4v) is 4.21. The smallest absolute Gasteiger partial charge is 0.191 e. The van der Waals surface area contributed by atoms with Gasteiger partial charge in [0.1, 0.15) is 5.75 Å². The van der Waals surface area contributed by atoms with Crippen molar-refractivity contribution < 1.29 is 4.74 Å². The summed E-state index contributed by atoms with van der Waals surface area (Å²) < 4.78 is 5.30. The highest BCUT2D eigenvalue weighted by Crippen LogP contribution is 2.35. The van der Waals surface area contributed by atoms with E-state index in [4.69, 9.17) is 15.5 Å². The molecule has 0 bridgehead atoms. The number of aliphatic imine (C=N–C) groups is 1. The van der Waals surface area contributed by atoms with Gasteiger partial charge in [-0.25, -0.2) is 0 Å². The number of nitrogens with zero attached hydrogens (tertiary/aromatic N) is 3. The molecule has 2 unspecified atom stereocenters. The molecule has 0 aliphatic carbocycles. The zero-order chi connectivity index (χ0) is 17.6. The fraction of sp³-hybridized carbons (Fsp3) is 0.650. The van der Waals surface area contributed by atoms with Gasteiger partial charge in [0.05, 0.1) is 7.11 Å². The zero-order valence-corrected chi connectivity index (χ0v) is 18.4. The Kier molecular flexibility index (Phi) is 8.47. The van der Waals surface area contributed by atoms with Crippen molar-refractivity contribution in [1.29, 1.82) is 0 Å². The van der Waals surface area contributed by atoms with Crippen LogP contribution in [0.1, 0.15) is 43.7 Å². The van der Waals surface area contributed by atoms with Gasteiger partial charge in [0.25, 0.3) is 0 Å². The molecule has 2 saturated heterocycles. The first-order valence-corrected chi connectivity index (χ1v) is 9.58. The number of hydrogen-bond acceptors (Lipinski definition) is 3. The van der Waals surface area contributed by atoms with Crippen LogP contribution in [0.3, 0.4) is 0 Å². The number of piperidine rings is 2. The highest BCUT2D eigenvalue weighted by molar-refractivity contribution is 14.0. The monoisotopic (exact) mass is 472 g/mol. The third-order valence-electron chi connectivity index (χ3n) is 5.63. The molecule has 0 radical (unpaired) electrons. The Hall–Kier alpha value is -1.02. The van der Waals surface area contributed by atoms with Gasteiger partial charge in [-0.15, -0.1) is 24.0 Å². The number of benzene rings is 1. The maximum absolute atomic E-state index is 6.27. The summed E-state index contributed by atoms with van der Waals surface area (Å²) >= 11 is 0. The van der Waals surface area contributed by atoms with Crippen LogP contribution in [0.4, 0.5) is 0 Å². The molecular formula is C20H33IN4O. The van der Waals surface area contributed by atoms with Crippen LogP contribution in [0, 0.1) is 5.92 Å². The van der Waals surface area contributed by atoms with E-state index in [9.17, 15) is 0 Å². The Morgan fingerprint density at radius 3 is 2.46 bits per heavy atom. The summed E-state index contributed by atoms with van der Waals surface area (Å²) in [6.07, 6.45) is 6.22. The van der Waals surface area contributed by atoms with Gasteiger partial charge in [0.15, 0.2) is 5.96 Å². The highest BCUT2D eigenvalue weighted by atomic mass is 127. The Bertz CT molecular complexity index is 572. The minimum Gasteiger partial charge on any atom is -0.497 e. The minimum absolute atomic E-state index is 0. The van der Waals surface area contributed by atoms with Crippen molar-refractivity contribution in [2.45, 2.75) is 38.1 Å². The Morgan fingerprint density at radius 2 is 1.81 bits per heavy atom. The molecule has 6 heteroatoms. The first-order valence-electron chi connectivity index (χ1n) is 9.58. The van der Waals surface area contributed by atoms with E-state index in [0.29, 0.717) is 12.0 Å².